The normalized spacial score (nSPS) is 20.1. The van der Waals surface area contributed by atoms with E-state index in [0.717, 1.165) is 27.7 Å². The van der Waals surface area contributed by atoms with E-state index in [2.05, 4.69) is 5.16 Å². The molecule has 1 unspecified atom stereocenters. The second kappa shape index (κ2) is 7.98. The third-order valence-corrected chi connectivity index (χ3v) is 6.32. The van der Waals surface area contributed by atoms with E-state index in [1.165, 1.54) is 11.3 Å². The minimum absolute atomic E-state index is 0.0311. The lowest BCUT2D eigenvalue weighted by Gasteiger charge is -2.35. The van der Waals surface area contributed by atoms with Crippen molar-refractivity contribution >= 4 is 28.9 Å². The standard InChI is InChI=1S/C21H21N3O5S/c25-20(23-5-7-24(8-6-23)21(26)19-2-1-9-30-19)18-12-15(22-29-18)10-14-3-4-16-17(11-14)28-13-27-16/h1-4,9,11,18H,5-8,10,12-13H2. The van der Waals surface area contributed by atoms with Crippen LogP contribution in [0.15, 0.2) is 40.9 Å². The molecule has 1 aromatic carbocycles. The van der Waals surface area contributed by atoms with E-state index in [-0.39, 0.29) is 18.6 Å². The zero-order chi connectivity index (χ0) is 20.5. The van der Waals surface area contributed by atoms with Gasteiger partial charge in [-0.05, 0) is 29.1 Å². The minimum atomic E-state index is -0.589. The monoisotopic (exact) mass is 427 g/mol. The van der Waals surface area contributed by atoms with E-state index in [1.807, 2.05) is 35.7 Å². The Labute approximate surface area is 177 Å². The molecule has 0 N–H and O–H groups in total. The fourth-order valence-corrected chi connectivity index (χ4v) is 4.53. The number of carbonyl (C=O) groups is 2. The molecule has 1 atom stereocenters. The van der Waals surface area contributed by atoms with Gasteiger partial charge in [-0.3, -0.25) is 9.59 Å². The first-order valence-corrected chi connectivity index (χ1v) is 10.8. The summed E-state index contributed by atoms with van der Waals surface area (Å²) in [6.07, 6.45) is 0.485. The highest BCUT2D eigenvalue weighted by Crippen LogP contribution is 2.33. The van der Waals surface area contributed by atoms with Crippen LogP contribution < -0.4 is 9.47 Å². The van der Waals surface area contributed by atoms with Gasteiger partial charge in [-0.25, -0.2) is 0 Å². The van der Waals surface area contributed by atoms with Crippen LogP contribution in [0.3, 0.4) is 0 Å². The van der Waals surface area contributed by atoms with Gasteiger partial charge in [0.25, 0.3) is 11.8 Å². The van der Waals surface area contributed by atoms with Crippen LogP contribution in [-0.4, -0.2) is 66.4 Å². The van der Waals surface area contributed by atoms with E-state index in [4.69, 9.17) is 14.3 Å². The molecule has 0 radical (unpaired) electrons. The molecule has 4 heterocycles. The summed E-state index contributed by atoms with van der Waals surface area (Å²) in [5.74, 6) is 1.44. The Bertz CT molecular complexity index is 983. The maximum atomic E-state index is 12.8. The average molecular weight is 427 g/mol. The molecule has 2 aromatic rings. The number of hydrogen-bond donors (Lipinski definition) is 0. The van der Waals surface area contributed by atoms with Crippen LogP contribution in [0.5, 0.6) is 11.5 Å². The van der Waals surface area contributed by atoms with Gasteiger partial charge < -0.3 is 24.1 Å². The summed E-state index contributed by atoms with van der Waals surface area (Å²) in [6.45, 7) is 2.31. The number of piperazine rings is 1. The van der Waals surface area contributed by atoms with Crippen molar-refractivity contribution < 1.29 is 23.9 Å². The average Bonchev–Trinajstić information content (AvgIpc) is 3.54. The number of amides is 2. The highest BCUT2D eigenvalue weighted by Gasteiger charge is 2.34. The number of benzene rings is 1. The molecule has 8 nitrogen and oxygen atoms in total. The van der Waals surface area contributed by atoms with E-state index in [9.17, 15) is 9.59 Å². The predicted molar refractivity (Wildman–Crippen MR) is 110 cm³/mol. The summed E-state index contributed by atoms with van der Waals surface area (Å²) < 4.78 is 10.7. The van der Waals surface area contributed by atoms with Crippen LogP contribution in [0.2, 0.25) is 0 Å². The molecule has 5 rings (SSSR count). The summed E-state index contributed by atoms with van der Waals surface area (Å²) in [6, 6.07) is 9.48. The molecule has 1 saturated heterocycles. The third-order valence-electron chi connectivity index (χ3n) is 5.46. The van der Waals surface area contributed by atoms with Crippen LogP contribution >= 0.6 is 11.3 Å². The Morgan fingerprint density at radius 1 is 1.07 bits per heavy atom. The minimum Gasteiger partial charge on any atom is -0.454 e. The van der Waals surface area contributed by atoms with Crippen molar-refractivity contribution in [2.75, 3.05) is 33.0 Å². The molecule has 30 heavy (non-hydrogen) atoms. The summed E-state index contributed by atoms with van der Waals surface area (Å²) in [7, 11) is 0. The number of carbonyl (C=O) groups excluding carboxylic acids is 2. The summed E-state index contributed by atoms with van der Waals surface area (Å²) in [5, 5.41) is 6.03. The van der Waals surface area contributed by atoms with Crippen molar-refractivity contribution in [3.05, 3.63) is 46.2 Å². The van der Waals surface area contributed by atoms with Crippen LogP contribution in [0.4, 0.5) is 0 Å². The molecule has 9 heteroatoms. The Kier molecular flexibility index (Phi) is 5.04. The van der Waals surface area contributed by atoms with Crippen molar-refractivity contribution in [1.29, 1.82) is 0 Å². The number of nitrogens with zero attached hydrogens (tertiary/aromatic N) is 3. The molecule has 156 valence electrons. The number of rotatable bonds is 4. The number of fused-ring (bicyclic) bond motifs is 1. The van der Waals surface area contributed by atoms with Crippen LogP contribution in [0, 0.1) is 0 Å². The molecule has 0 aliphatic carbocycles. The zero-order valence-electron chi connectivity index (χ0n) is 16.3. The largest absolute Gasteiger partial charge is 0.454 e. The van der Waals surface area contributed by atoms with Gasteiger partial charge in [0.05, 0.1) is 10.6 Å². The molecule has 0 spiro atoms. The van der Waals surface area contributed by atoms with E-state index < -0.39 is 6.10 Å². The van der Waals surface area contributed by atoms with E-state index in [0.29, 0.717) is 39.0 Å². The van der Waals surface area contributed by atoms with Gasteiger partial charge in [0.1, 0.15) is 0 Å². The molecule has 3 aliphatic rings. The molecule has 0 saturated carbocycles. The van der Waals surface area contributed by atoms with Gasteiger partial charge in [0.2, 0.25) is 12.9 Å². The van der Waals surface area contributed by atoms with Gasteiger partial charge in [-0.2, -0.15) is 0 Å². The van der Waals surface area contributed by atoms with Gasteiger partial charge in [-0.1, -0.05) is 17.3 Å². The van der Waals surface area contributed by atoms with Crippen molar-refractivity contribution in [1.82, 2.24) is 9.80 Å². The maximum Gasteiger partial charge on any atom is 0.267 e. The molecular formula is C21H21N3O5S. The number of oxime groups is 1. The maximum absolute atomic E-state index is 12.8. The smallest absolute Gasteiger partial charge is 0.267 e. The van der Waals surface area contributed by atoms with E-state index in [1.54, 1.807) is 9.80 Å². The first kappa shape index (κ1) is 18.9. The lowest BCUT2D eigenvalue weighted by molar-refractivity contribution is -0.143. The second-order valence-electron chi connectivity index (χ2n) is 7.41. The molecule has 1 aromatic heterocycles. The van der Waals surface area contributed by atoms with Gasteiger partial charge >= 0.3 is 0 Å². The Morgan fingerprint density at radius 2 is 1.87 bits per heavy atom. The van der Waals surface area contributed by atoms with Crippen LogP contribution in [0.25, 0.3) is 0 Å². The Balaban J connectivity index is 1.12. The SMILES string of the molecule is O=C(c1cccs1)N1CCN(C(=O)C2CC(Cc3ccc4c(c3)OCO4)=NO2)CC1. The first-order chi connectivity index (χ1) is 14.7. The number of hydrogen-bond acceptors (Lipinski definition) is 7. The molecule has 0 bridgehead atoms. The zero-order valence-corrected chi connectivity index (χ0v) is 17.1. The molecule has 1 fully saturated rings. The predicted octanol–water partition coefficient (Wildman–Crippen LogP) is 2.15. The van der Waals surface area contributed by atoms with E-state index >= 15 is 0 Å². The fourth-order valence-electron chi connectivity index (χ4n) is 3.84. The molecule has 2 amide bonds. The summed E-state index contributed by atoms with van der Waals surface area (Å²) in [5.41, 5.74) is 1.87. The summed E-state index contributed by atoms with van der Waals surface area (Å²) in [4.78, 5) is 35.0. The first-order valence-electron chi connectivity index (χ1n) is 9.89. The van der Waals surface area contributed by atoms with Crippen molar-refractivity contribution in [3.63, 3.8) is 0 Å². The number of thiophene rings is 1. The second-order valence-corrected chi connectivity index (χ2v) is 8.36. The highest BCUT2D eigenvalue weighted by molar-refractivity contribution is 7.12. The lowest BCUT2D eigenvalue weighted by atomic mass is 10.0. The van der Waals surface area contributed by atoms with Gasteiger partial charge in [-0.15, -0.1) is 11.3 Å². The third kappa shape index (κ3) is 3.72. The van der Waals surface area contributed by atoms with Gasteiger partial charge in [0, 0.05) is 39.0 Å². The van der Waals surface area contributed by atoms with Crippen molar-refractivity contribution in [2.24, 2.45) is 5.16 Å². The Hall–Kier alpha value is -3.07. The van der Waals surface area contributed by atoms with Gasteiger partial charge in [0.15, 0.2) is 11.5 Å². The van der Waals surface area contributed by atoms with Crippen LogP contribution in [0.1, 0.15) is 21.7 Å². The summed E-state index contributed by atoms with van der Waals surface area (Å²) >= 11 is 1.44. The quantitative estimate of drug-likeness (QED) is 0.747. The van der Waals surface area contributed by atoms with Crippen molar-refractivity contribution in [2.45, 2.75) is 18.9 Å². The topological polar surface area (TPSA) is 80.7 Å². The highest BCUT2D eigenvalue weighted by atomic mass is 32.1. The van der Waals surface area contributed by atoms with Crippen molar-refractivity contribution in [3.8, 4) is 11.5 Å². The lowest BCUT2D eigenvalue weighted by Crippen LogP contribution is -2.52. The van der Waals surface area contributed by atoms with Crippen LogP contribution in [-0.2, 0) is 16.1 Å². The molecule has 3 aliphatic heterocycles. The fraction of sp³-hybridized carbons (Fsp3) is 0.381. The number of ether oxygens (including phenoxy) is 2. The molecular weight excluding hydrogens is 406 g/mol. The Morgan fingerprint density at radius 3 is 2.67 bits per heavy atom.